The molecule has 1 N–H and O–H groups in total. The van der Waals surface area contributed by atoms with Crippen LogP contribution in [0.25, 0.3) is 0 Å². The first-order chi connectivity index (χ1) is 7.59. The van der Waals surface area contributed by atoms with Crippen LogP contribution < -0.4 is 0 Å². The van der Waals surface area contributed by atoms with Gasteiger partial charge < -0.3 is 14.6 Å². The number of carboxylic acid groups (broad SMARTS) is 1. The van der Waals surface area contributed by atoms with Crippen LogP contribution in [0, 0.1) is 0 Å². The van der Waals surface area contributed by atoms with E-state index in [9.17, 15) is 4.79 Å². The van der Waals surface area contributed by atoms with Crippen molar-refractivity contribution < 1.29 is 19.4 Å². The number of ether oxygens (including phenoxy) is 2. The second kappa shape index (κ2) is 6.57. The van der Waals surface area contributed by atoms with E-state index < -0.39 is 5.97 Å². The molecule has 0 aliphatic rings. The van der Waals surface area contributed by atoms with Gasteiger partial charge in [0.05, 0.1) is 31.6 Å². The third-order valence-electron chi connectivity index (χ3n) is 1.66. The highest BCUT2D eigenvalue weighted by molar-refractivity contribution is 7.11. The first kappa shape index (κ1) is 13.1. The standard InChI is InChI=1S/C10H15NO4S/c1-7(2)15-4-3-14-5-8-6-16-9(11-8)10(12)13/h6-7H,3-5H2,1-2H3,(H,12,13). The molecule has 6 heteroatoms. The largest absolute Gasteiger partial charge is 0.476 e. The number of aromatic carboxylic acids is 1. The van der Waals surface area contributed by atoms with Crippen molar-refractivity contribution in [3.8, 4) is 0 Å². The fourth-order valence-corrected chi connectivity index (χ4v) is 1.63. The average Bonchev–Trinajstić information content (AvgIpc) is 2.65. The summed E-state index contributed by atoms with van der Waals surface area (Å²) in [5.74, 6) is -1.00. The van der Waals surface area contributed by atoms with Crippen LogP contribution in [0.5, 0.6) is 0 Å². The molecular weight excluding hydrogens is 230 g/mol. The molecule has 0 fully saturated rings. The number of thiazole rings is 1. The smallest absolute Gasteiger partial charge is 0.365 e. The summed E-state index contributed by atoms with van der Waals surface area (Å²) in [5.41, 5.74) is 0.645. The predicted octanol–water partition coefficient (Wildman–Crippen LogP) is 1.78. The van der Waals surface area contributed by atoms with E-state index in [1.165, 1.54) is 0 Å². The molecule has 16 heavy (non-hydrogen) atoms. The molecule has 0 aromatic carbocycles. The van der Waals surface area contributed by atoms with Crippen molar-refractivity contribution in [2.45, 2.75) is 26.6 Å². The third-order valence-corrected chi connectivity index (χ3v) is 2.54. The molecular formula is C10H15NO4S. The minimum absolute atomic E-state index is 0.0945. The van der Waals surface area contributed by atoms with Gasteiger partial charge in [0.2, 0.25) is 5.01 Å². The monoisotopic (exact) mass is 245 g/mol. The zero-order valence-corrected chi connectivity index (χ0v) is 10.1. The second-order valence-corrected chi connectivity index (χ2v) is 4.28. The maximum Gasteiger partial charge on any atom is 0.365 e. The Morgan fingerprint density at radius 3 is 2.88 bits per heavy atom. The Bertz CT molecular complexity index is 337. The second-order valence-electron chi connectivity index (χ2n) is 3.42. The summed E-state index contributed by atoms with van der Waals surface area (Å²) in [6.07, 6.45) is 0.196. The van der Waals surface area contributed by atoms with Crippen molar-refractivity contribution in [3.63, 3.8) is 0 Å². The van der Waals surface area contributed by atoms with E-state index in [1.54, 1.807) is 5.38 Å². The summed E-state index contributed by atoms with van der Waals surface area (Å²) in [6, 6.07) is 0. The summed E-state index contributed by atoms with van der Waals surface area (Å²) in [6.45, 7) is 5.26. The van der Waals surface area contributed by atoms with Crippen LogP contribution in [-0.4, -0.2) is 35.4 Å². The van der Waals surface area contributed by atoms with Gasteiger partial charge in [-0.05, 0) is 13.8 Å². The molecule has 0 saturated heterocycles. The fourth-order valence-electron chi connectivity index (χ4n) is 0.991. The van der Waals surface area contributed by atoms with Gasteiger partial charge in [0.25, 0.3) is 0 Å². The lowest BCUT2D eigenvalue weighted by Crippen LogP contribution is -2.09. The van der Waals surface area contributed by atoms with Gasteiger partial charge in [-0.15, -0.1) is 11.3 Å². The summed E-state index contributed by atoms with van der Waals surface area (Å²) in [4.78, 5) is 14.4. The van der Waals surface area contributed by atoms with Crippen LogP contribution in [-0.2, 0) is 16.1 Å². The van der Waals surface area contributed by atoms with Crippen molar-refractivity contribution in [1.82, 2.24) is 4.98 Å². The molecule has 0 aliphatic carbocycles. The SMILES string of the molecule is CC(C)OCCOCc1csc(C(=O)O)n1. The maximum atomic E-state index is 10.6. The van der Waals surface area contributed by atoms with Crippen molar-refractivity contribution in [2.24, 2.45) is 0 Å². The molecule has 0 aliphatic heterocycles. The van der Waals surface area contributed by atoms with Crippen LogP contribution in [0.3, 0.4) is 0 Å². The highest BCUT2D eigenvalue weighted by atomic mass is 32.1. The molecule has 1 rings (SSSR count). The van der Waals surface area contributed by atoms with Crippen molar-refractivity contribution in [1.29, 1.82) is 0 Å². The van der Waals surface area contributed by atoms with Crippen molar-refractivity contribution in [2.75, 3.05) is 13.2 Å². The third kappa shape index (κ3) is 4.69. The number of carboxylic acids is 1. The number of aromatic nitrogens is 1. The van der Waals surface area contributed by atoms with Crippen LogP contribution in [0.15, 0.2) is 5.38 Å². The van der Waals surface area contributed by atoms with Gasteiger partial charge in [-0.2, -0.15) is 0 Å². The van der Waals surface area contributed by atoms with Gasteiger partial charge in [-0.1, -0.05) is 0 Å². The summed E-state index contributed by atoms with van der Waals surface area (Å²) in [5, 5.41) is 10.4. The molecule has 0 spiro atoms. The van der Waals surface area contributed by atoms with Crippen LogP contribution in [0.4, 0.5) is 0 Å². The Morgan fingerprint density at radius 2 is 2.31 bits per heavy atom. The van der Waals surface area contributed by atoms with Crippen molar-refractivity contribution >= 4 is 17.3 Å². The predicted molar refractivity (Wildman–Crippen MR) is 59.8 cm³/mol. The topological polar surface area (TPSA) is 68.7 Å². The average molecular weight is 245 g/mol. The zero-order valence-electron chi connectivity index (χ0n) is 9.30. The maximum absolute atomic E-state index is 10.6. The Morgan fingerprint density at radius 1 is 1.56 bits per heavy atom. The molecule has 0 radical (unpaired) electrons. The zero-order chi connectivity index (χ0) is 12.0. The van der Waals surface area contributed by atoms with E-state index in [-0.39, 0.29) is 11.1 Å². The van der Waals surface area contributed by atoms with E-state index >= 15 is 0 Å². The lowest BCUT2D eigenvalue weighted by molar-refractivity contribution is 0.0136. The Balaban J connectivity index is 2.19. The summed E-state index contributed by atoms with van der Waals surface area (Å²) in [7, 11) is 0. The van der Waals surface area contributed by atoms with Gasteiger partial charge in [0.15, 0.2) is 0 Å². The highest BCUT2D eigenvalue weighted by Crippen LogP contribution is 2.10. The lowest BCUT2D eigenvalue weighted by atomic mass is 10.5. The van der Waals surface area contributed by atoms with E-state index in [4.69, 9.17) is 14.6 Å². The number of hydrogen-bond acceptors (Lipinski definition) is 5. The van der Waals surface area contributed by atoms with E-state index in [0.717, 1.165) is 11.3 Å². The number of carbonyl (C=O) groups is 1. The molecule has 5 nitrogen and oxygen atoms in total. The molecule has 0 atom stereocenters. The molecule has 0 saturated carbocycles. The van der Waals surface area contributed by atoms with Gasteiger partial charge in [0.1, 0.15) is 0 Å². The minimum Gasteiger partial charge on any atom is -0.476 e. The van der Waals surface area contributed by atoms with E-state index in [0.29, 0.717) is 25.5 Å². The van der Waals surface area contributed by atoms with E-state index in [2.05, 4.69) is 4.98 Å². The lowest BCUT2D eigenvalue weighted by Gasteiger charge is -2.06. The Labute approximate surface area is 98.0 Å². The number of rotatable bonds is 7. The highest BCUT2D eigenvalue weighted by Gasteiger charge is 2.08. The molecule has 0 unspecified atom stereocenters. The van der Waals surface area contributed by atoms with Gasteiger partial charge in [-0.3, -0.25) is 0 Å². The molecule has 1 aromatic heterocycles. The van der Waals surface area contributed by atoms with Gasteiger partial charge in [-0.25, -0.2) is 9.78 Å². The molecule has 0 amide bonds. The van der Waals surface area contributed by atoms with E-state index in [1.807, 2.05) is 13.8 Å². The van der Waals surface area contributed by atoms with Crippen LogP contribution >= 0.6 is 11.3 Å². The fraction of sp³-hybridized carbons (Fsp3) is 0.600. The summed E-state index contributed by atoms with van der Waals surface area (Å²) >= 11 is 1.10. The van der Waals surface area contributed by atoms with Crippen LogP contribution in [0.1, 0.15) is 29.3 Å². The Kier molecular flexibility index (Phi) is 5.37. The molecule has 1 aromatic rings. The number of hydrogen-bond donors (Lipinski definition) is 1. The normalized spacial score (nSPS) is 10.9. The number of nitrogens with zero attached hydrogens (tertiary/aromatic N) is 1. The first-order valence-electron chi connectivity index (χ1n) is 4.96. The first-order valence-corrected chi connectivity index (χ1v) is 5.84. The Hall–Kier alpha value is -0.980. The quantitative estimate of drug-likeness (QED) is 0.742. The molecule has 0 bridgehead atoms. The minimum atomic E-state index is -1.00. The van der Waals surface area contributed by atoms with Gasteiger partial charge >= 0.3 is 5.97 Å². The van der Waals surface area contributed by atoms with Gasteiger partial charge in [0, 0.05) is 5.38 Å². The summed E-state index contributed by atoms with van der Waals surface area (Å²) < 4.78 is 10.6. The van der Waals surface area contributed by atoms with Crippen molar-refractivity contribution in [3.05, 3.63) is 16.1 Å². The molecule has 1 heterocycles. The van der Waals surface area contributed by atoms with Crippen LogP contribution in [0.2, 0.25) is 0 Å². The molecule has 90 valence electrons.